The summed E-state index contributed by atoms with van der Waals surface area (Å²) in [5.74, 6) is -3.39. The summed E-state index contributed by atoms with van der Waals surface area (Å²) in [6.45, 7) is 0. The molecule has 0 bridgehead atoms. The lowest BCUT2D eigenvalue weighted by molar-refractivity contribution is -0.139. The molecule has 0 saturated carbocycles. The Balaban J connectivity index is 4.73. The Morgan fingerprint density at radius 1 is 1.21 bits per heavy atom. The molecule has 14 heavy (non-hydrogen) atoms. The second kappa shape index (κ2) is 4.35. The van der Waals surface area contributed by atoms with Gasteiger partial charge in [0.1, 0.15) is 6.04 Å². The van der Waals surface area contributed by atoms with Crippen LogP contribution in [0.25, 0.3) is 0 Å². The minimum Gasteiger partial charge on any atom is -0.480 e. The molecule has 0 rings (SSSR count). The van der Waals surface area contributed by atoms with Crippen molar-refractivity contribution in [3.05, 3.63) is 0 Å². The fourth-order valence-corrected chi connectivity index (χ4v) is 1.39. The van der Waals surface area contributed by atoms with Gasteiger partial charge in [-0.1, -0.05) is 0 Å². The second-order valence-corrected chi connectivity index (χ2v) is 4.12. The average molecular weight is 227 g/mol. The van der Waals surface area contributed by atoms with Gasteiger partial charge in [0.25, 0.3) is 10.1 Å². The van der Waals surface area contributed by atoms with Gasteiger partial charge in [0.15, 0.2) is 5.25 Å². The number of rotatable bonds is 5. The first-order valence-corrected chi connectivity index (χ1v) is 4.84. The summed E-state index contributed by atoms with van der Waals surface area (Å²) in [6, 6.07) is -1.65. The largest absolute Gasteiger partial charge is 0.480 e. The monoisotopic (exact) mass is 227 g/mol. The van der Waals surface area contributed by atoms with E-state index in [1.807, 2.05) is 0 Å². The molecule has 0 amide bonds. The Kier molecular flexibility index (Phi) is 3.98. The molecule has 8 nitrogen and oxygen atoms in total. The molecule has 0 spiro atoms. The van der Waals surface area contributed by atoms with Crippen molar-refractivity contribution in [1.82, 2.24) is 0 Å². The molecule has 0 saturated heterocycles. The molecule has 0 aliphatic carbocycles. The molecule has 0 unspecified atom stereocenters. The minimum absolute atomic E-state index is 0.885. The van der Waals surface area contributed by atoms with Crippen molar-refractivity contribution in [2.24, 2.45) is 5.73 Å². The van der Waals surface area contributed by atoms with E-state index in [4.69, 9.17) is 20.5 Å². The van der Waals surface area contributed by atoms with Crippen LogP contribution < -0.4 is 5.73 Å². The maximum absolute atomic E-state index is 10.5. The van der Waals surface area contributed by atoms with Gasteiger partial charge in [-0.05, 0) is 0 Å². The van der Waals surface area contributed by atoms with Gasteiger partial charge in [0.2, 0.25) is 0 Å². The van der Waals surface area contributed by atoms with Gasteiger partial charge in [-0.2, -0.15) is 8.42 Å². The summed E-state index contributed by atoms with van der Waals surface area (Å²) in [4.78, 5) is 20.5. The van der Waals surface area contributed by atoms with Crippen LogP contribution in [0, 0.1) is 0 Å². The fraction of sp³-hybridized carbons (Fsp3) is 0.600. The normalized spacial score (nSPS) is 15.9. The predicted octanol–water partition coefficient (Wildman–Crippen LogP) is -1.87. The Morgan fingerprint density at radius 2 is 1.64 bits per heavy atom. The maximum Gasteiger partial charge on any atom is 0.324 e. The standard InChI is InChI=1S/C5H9NO7S/c6-2(4(7)8)1-3(5(9)10)14(11,12)13/h2-3H,1,6H2,(H,7,8)(H,9,10)(H,11,12,13)/t2-,3-/m0/s1. The zero-order valence-corrected chi connectivity index (χ0v) is 7.64. The van der Waals surface area contributed by atoms with Crippen molar-refractivity contribution in [3.63, 3.8) is 0 Å². The molecular weight excluding hydrogens is 218 g/mol. The highest BCUT2D eigenvalue weighted by atomic mass is 32.2. The van der Waals surface area contributed by atoms with E-state index in [0.29, 0.717) is 0 Å². The van der Waals surface area contributed by atoms with Gasteiger partial charge in [-0.15, -0.1) is 0 Å². The van der Waals surface area contributed by atoms with Crippen molar-refractivity contribution in [2.75, 3.05) is 0 Å². The summed E-state index contributed by atoms with van der Waals surface area (Å²) < 4.78 is 29.3. The molecule has 9 heteroatoms. The molecule has 0 radical (unpaired) electrons. The second-order valence-electron chi connectivity index (χ2n) is 2.52. The number of carboxylic acids is 2. The summed E-state index contributed by atoms with van der Waals surface area (Å²) in [5.41, 5.74) is 4.91. The molecule has 5 N–H and O–H groups in total. The number of hydrogen-bond acceptors (Lipinski definition) is 5. The smallest absolute Gasteiger partial charge is 0.324 e. The third-order valence-electron chi connectivity index (χ3n) is 1.42. The number of carbonyl (C=O) groups is 2. The molecule has 0 aromatic heterocycles. The number of aliphatic carboxylic acids is 2. The van der Waals surface area contributed by atoms with Crippen LogP contribution in [0.4, 0.5) is 0 Å². The number of nitrogens with two attached hydrogens (primary N) is 1. The van der Waals surface area contributed by atoms with Gasteiger partial charge in [-0.3, -0.25) is 14.1 Å². The predicted molar refractivity (Wildman–Crippen MR) is 43.2 cm³/mol. The zero-order valence-electron chi connectivity index (χ0n) is 6.82. The zero-order chi connectivity index (χ0) is 11.5. The molecule has 0 aliphatic heterocycles. The van der Waals surface area contributed by atoms with Crippen LogP contribution >= 0.6 is 0 Å². The molecule has 0 heterocycles. The third kappa shape index (κ3) is 3.68. The van der Waals surface area contributed by atoms with E-state index in [-0.39, 0.29) is 0 Å². The Bertz CT molecular complexity index is 334. The van der Waals surface area contributed by atoms with Crippen LogP contribution in [0.1, 0.15) is 6.42 Å². The molecule has 0 fully saturated rings. The highest BCUT2D eigenvalue weighted by Crippen LogP contribution is 2.07. The van der Waals surface area contributed by atoms with Crippen LogP contribution in [0.2, 0.25) is 0 Å². The minimum atomic E-state index is -4.84. The van der Waals surface area contributed by atoms with Crippen LogP contribution in [0.5, 0.6) is 0 Å². The summed E-state index contributed by atoms with van der Waals surface area (Å²) in [6.07, 6.45) is -0.885. The van der Waals surface area contributed by atoms with E-state index in [1.54, 1.807) is 0 Å². The van der Waals surface area contributed by atoms with Crippen molar-refractivity contribution in [2.45, 2.75) is 17.7 Å². The first-order valence-electron chi connectivity index (χ1n) is 3.33. The van der Waals surface area contributed by atoms with Crippen molar-refractivity contribution < 1.29 is 32.8 Å². The SMILES string of the molecule is N[C@@H](C[C@@H](C(=O)O)S(=O)(=O)O)C(=O)O. The van der Waals surface area contributed by atoms with E-state index in [2.05, 4.69) is 0 Å². The lowest BCUT2D eigenvalue weighted by Crippen LogP contribution is -2.40. The van der Waals surface area contributed by atoms with Gasteiger partial charge >= 0.3 is 11.9 Å². The molecule has 0 aromatic carbocycles. The van der Waals surface area contributed by atoms with Crippen LogP contribution in [-0.4, -0.2) is 46.4 Å². The quantitative estimate of drug-likeness (QED) is 0.398. The topological polar surface area (TPSA) is 155 Å². The summed E-state index contributed by atoms with van der Waals surface area (Å²) in [7, 11) is -4.84. The van der Waals surface area contributed by atoms with E-state index in [0.717, 1.165) is 0 Å². The van der Waals surface area contributed by atoms with E-state index in [1.165, 1.54) is 0 Å². The van der Waals surface area contributed by atoms with Crippen molar-refractivity contribution in [1.29, 1.82) is 0 Å². The van der Waals surface area contributed by atoms with Crippen LogP contribution in [-0.2, 0) is 19.7 Å². The Morgan fingerprint density at radius 3 is 1.86 bits per heavy atom. The highest BCUT2D eigenvalue weighted by molar-refractivity contribution is 7.87. The molecule has 2 atom stereocenters. The average Bonchev–Trinajstić information content (AvgIpc) is 1.96. The van der Waals surface area contributed by atoms with Crippen molar-refractivity contribution in [3.8, 4) is 0 Å². The molecular formula is C5H9NO7S. The van der Waals surface area contributed by atoms with E-state index in [9.17, 15) is 18.0 Å². The Hall–Kier alpha value is -1.19. The van der Waals surface area contributed by atoms with Crippen LogP contribution in [0.3, 0.4) is 0 Å². The molecule has 82 valence electrons. The first-order chi connectivity index (χ1) is 6.16. The maximum atomic E-state index is 10.5. The van der Waals surface area contributed by atoms with E-state index < -0.39 is 39.8 Å². The summed E-state index contributed by atoms with van der Waals surface area (Å²) in [5, 5.41) is 14.4. The summed E-state index contributed by atoms with van der Waals surface area (Å²) >= 11 is 0. The Labute approximate surface area is 79.1 Å². The lowest BCUT2D eigenvalue weighted by Gasteiger charge is -2.11. The first kappa shape index (κ1) is 12.8. The van der Waals surface area contributed by atoms with Crippen molar-refractivity contribution >= 4 is 22.1 Å². The van der Waals surface area contributed by atoms with Gasteiger partial charge in [0.05, 0.1) is 0 Å². The fourth-order valence-electron chi connectivity index (χ4n) is 0.681. The van der Waals surface area contributed by atoms with Gasteiger partial charge in [-0.25, -0.2) is 0 Å². The van der Waals surface area contributed by atoms with E-state index >= 15 is 0 Å². The molecule has 0 aliphatic rings. The lowest BCUT2D eigenvalue weighted by atomic mass is 10.2. The molecule has 0 aromatic rings. The van der Waals surface area contributed by atoms with Gasteiger partial charge in [0, 0.05) is 6.42 Å². The van der Waals surface area contributed by atoms with Crippen LogP contribution in [0.15, 0.2) is 0 Å². The van der Waals surface area contributed by atoms with Gasteiger partial charge < -0.3 is 15.9 Å². The number of hydrogen-bond donors (Lipinski definition) is 4. The highest BCUT2D eigenvalue weighted by Gasteiger charge is 2.34. The third-order valence-corrected chi connectivity index (χ3v) is 2.53. The number of carboxylic acid groups (broad SMARTS) is 2.